The number of ether oxygens (including phenoxy) is 1. The highest BCUT2D eigenvalue weighted by Gasteiger charge is 2.28. The minimum atomic E-state index is -0.412. The maximum absolute atomic E-state index is 11.9. The fourth-order valence-corrected chi connectivity index (χ4v) is 2.12. The fourth-order valence-electron chi connectivity index (χ4n) is 2.12. The Morgan fingerprint density at radius 2 is 2.12 bits per heavy atom. The number of carbonyl (C=O) groups is 1. The Labute approximate surface area is 105 Å². The van der Waals surface area contributed by atoms with Crippen LogP contribution in [0, 0.1) is 0 Å². The van der Waals surface area contributed by atoms with Crippen LogP contribution in [0.2, 0.25) is 0 Å². The first-order chi connectivity index (χ1) is 7.83. The molecular formula is C13H26N2O2. The third-order valence-electron chi connectivity index (χ3n) is 3.16. The van der Waals surface area contributed by atoms with Gasteiger partial charge in [0.05, 0.1) is 0 Å². The van der Waals surface area contributed by atoms with Gasteiger partial charge in [-0.15, -0.1) is 0 Å². The highest BCUT2D eigenvalue weighted by Crippen LogP contribution is 2.17. The molecule has 0 aromatic heterocycles. The van der Waals surface area contributed by atoms with Gasteiger partial charge in [0.25, 0.3) is 0 Å². The zero-order valence-electron chi connectivity index (χ0n) is 11.8. The van der Waals surface area contributed by atoms with Gasteiger partial charge in [0.15, 0.2) is 0 Å². The summed E-state index contributed by atoms with van der Waals surface area (Å²) in [6.45, 7) is 11.0. The lowest BCUT2D eigenvalue weighted by atomic mass is 10.1. The standard InChI is InChI=1S/C13H26N2O2/c1-6-15-9-7-8-11(10-15)14(5)12(16)17-13(2,3)4/h11H,6-10H2,1-5H3/t11-/m1/s1. The van der Waals surface area contributed by atoms with Gasteiger partial charge >= 0.3 is 6.09 Å². The molecule has 1 fully saturated rings. The molecule has 4 nitrogen and oxygen atoms in total. The number of likely N-dealkylation sites (N-methyl/N-ethyl adjacent to an activating group) is 2. The van der Waals surface area contributed by atoms with Gasteiger partial charge in [-0.25, -0.2) is 4.79 Å². The lowest BCUT2D eigenvalue weighted by Crippen LogP contribution is -2.49. The third kappa shape index (κ3) is 4.54. The van der Waals surface area contributed by atoms with Crippen molar-refractivity contribution in [2.75, 3.05) is 26.7 Å². The van der Waals surface area contributed by atoms with Crippen LogP contribution >= 0.6 is 0 Å². The van der Waals surface area contributed by atoms with Crippen LogP contribution < -0.4 is 0 Å². The molecule has 0 aliphatic carbocycles. The van der Waals surface area contributed by atoms with Crippen LogP contribution in [0.4, 0.5) is 4.79 Å². The summed E-state index contributed by atoms with van der Waals surface area (Å²) in [4.78, 5) is 16.1. The maximum Gasteiger partial charge on any atom is 0.410 e. The zero-order chi connectivity index (χ0) is 13.1. The highest BCUT2D eigenvalue weighted by molar-refractivity contribution is 5.68. The molecule has 100 valence electrons. The van der Waals surface area contributed by atoms with Crippen molar-refractivity contribution >= 4 is 6.09 Å². The first kappa shape index (κ1) is 14.3. The van der Waals surface area contributed by atoms with Gasteiger partial charge in [-0.1, -0.05) is 6.92 Å². The number of piperidine rings is 1. The van der Waals surface area contributed by atoms with E-state index in [4.69, 9.17) is 4.74 Å². The van der Waals surface area contributed by atoms with Crippen LogP contribution in [0.15, 0.2) is 0 Å². The summed E-state index contributed by atoms with van der Waals surface area (Å²) < 4.78 is 5.39. The van der Waals surface area contributed by atoms with Crippen LogP contribution in [0.25, 0.3) is 0 Å². The predicted octanol–water partition coefficient (Wildman–Crippen LogP) is 2.34. The lowest BCUT2D eigenvalue weighted by Gasteiger charge is -2.37. The SMILES string of the molecule is CCN1CCC[C@@H](N(C)C(=O)OC(C)(C)C)C1. The number of nitrogens with zero attached hydrogens (tertiary/aromatic N) is 2. The third-order valence-corrected chi connectivity index (χ3v) is 3.16. The van der Waals surface area contributed by atoms with Crippen LogP contribution in [-0.4, -0.2) is 54.2 Å². The molecule has 0 bridgehead atoms. The number of hydrogen-bond acceptors (Lipinski definition) is 3. The topological polar surface area (TPSA) is 32.8 Å². The van der Waals surface area contributed by atoms with Gasteiger partial charge in [-0.2, -0.15) is 0 Å². The molecule has 17 heavy (non-hydrogen) atoms. The summed E-state index contributed by atoms with van der Waals surface area (Å²) in [5.41, 5.74) is -0.412. The molecule has 1 saturated heterocycles. The van der Waals surface area contributed by atoms with Crippen molar-refractivity contribution < 1.29 is 9.53 Å². The second-order valence-corrected chi connectivity index (χ2v) is 5.78. The minimum absolute atomic E-state index is 0.208. The van der Waals surface area contributed by atoms with Crippen molar-refractivity contribution in [3.8, 4) is 0 Å². The molecule has 0 aromatic rings. The Bertz CT molecular complexity index is 261. The molecule has 1 aliphatic rings. The molecule has 0 aromatic carbocycles. The van der Waals surface area contributed by atoms with Gasteiger partial charge in [0, 0.05) is 19.6 Å². The van der Waals surface area contributed by atoms with E-state index in [0.29, 0.717) is 6.04 Å². The first-order valence-corrected chi connectivity index (χ1v) is 6.51. The quantitative estimate of drug-likeness (QED) is 0.745. The van der Waals surface area contributed by atoms with Crippen molar-refractivity contribution in [3.05, 3.63) is 0 Å². The zero-order valence-corrected chi connectivity index (χ0v) is 11.8. The molecule has 1 atom stereocenters. The average molecular weight is 242 g/mol. The molecule has 0 spiro atoms. The second-order valence-electron chi connectivity index (χ2n) is 5.78. The Kier molecular flexibility index (Phi) is 4.80. The number of carbonyl (C=O) groups excluding carboxylic acids is 1. The van der Waals surface area contributed by atoms with Crippen LogP contribution in [0.5, 0.6) is 0 Å². The molecule has 1 rings (SSSR count). The van der Waals surface area contributed by atoms with E-state index in [-0.39, 0.29) is 6.09 Å². The van der Waals surface area contributed by atoms with E-state index >= 15 is 0 Å². The van der Waals surface area contributed by atoms with Gasteiger partial charge in [0.2, 0.25) is 0 Å². The van der Waals surface area contributed by atoms with E-state index in [1.54, 1.807) is 4.90 Å². The van der Waals surface area contributed by atoms with Gasteiger partial charge in [-0.05, 0) is 46.7 Å². The number of rotatable bonds is 2. The lowest BCUT2D eigenvalue weighted by molar-refractivity contribution is 0.0138. The van der Waals surface area contributed by atoms with Gasteiger partial charge in [-0.3, -0.25) is 0 Å². The molecule has 0 saturated carbocycles. The van der Waals surface area contributed by atoms with Gasteiger partial charge < -0.3 is 14.5 Å². The number of hydrogen-bond donors (Lipinski definition) is 0. The molecule has 1 amide bonds. The molecule has 0 radical (unpaired) electrons. The average Bonchev–Trinajstić information content (AvgIpc) is 2.26. The largest absolute Gasteiger partial charge is 0.444 e. The monoisotopic (exact) mass is 242 g/mol. The van der Waals surface area contributed by atoms with Crippen molar-refractivity contribution in [1.82, 2.24) is 9.80 Å². The van der Waals surface area contributed by atoms with Crippen LogP contribution in [0.1, 0.15) is 40.5 Å². The van der Waals surface area contributed by atoms with Crippen LogP contribution in [0.3, 0.4) is 0 Å². The van der Waals surface area contributed by atoms with Crippen molar-refractivity contribution in [3.63, 3.8) is 0 Å². The summed E-state index contributed by atoms with van der Waals surface area (Å²) in [6, 6.07) is 0.290. The molecule has 0 unspecified atom stereocenters. The van der Waals surface area contributed by atoms with Crippen molar-refractivity contribution in [1.29, 1.82) is 0 Å². The summed E-state index contributed by atoms with van der Waals surface area (Å²) in [7, 11) is 1.85. The molecule has 0 N–H and O–H groups in total. The van der Waals surface area contributed by atoms with Gasteiger partial charge in [0.1, 0.15) is 5.60 Å². The van der Waals surface area contributed by atoms with E-state index in [9.17, 15) is 4.79 Å². The number of likely N-dealkylation sites (tertiary alicyclic amines) is 1. The smallest absolute Gasteiger partial charge is 0.410 e. The van der Waals surface area contributed by atoms with E-state index < -0.39 is 5.60 Å². The normalized spacial score (nSPS) is 22.3. The molecule has 1 heterocycles. The Morgan fingerprint density at radius 3 is 2.65 bits per heavy atom. The van der Waals surface area contributed by atoms with E-state index in [1.807, 2.05) is 27.8 Å². The van der Waals surface area contributed by atoms with Crippen molar-refractivity contribution in [2.24, 2.45) is 0 Å². The van der Waals surface area contributed by atoms with Crippen LogP contribution in [-0.2, 0) is 4.74 Å². The Morgan fingerprint density at radius 1 is 1.47 bits per heavy atom. The van der Waals surface area contributed by atoms with E-state index in [1.165, 1.54) is 0 Å². The number of amides is 1. The maximum atomic E-state index is 11.9. The Balaban J connectivity index is 2.51. The first-order valence-electron chi connectivity index (χ1n) is 6.51. The Hall–Kier alpha value is -0.770. The molecule has 4 heteroatoms. The highest BCUT2D eigenvalue weighted by atomic mass is 16.6. The van der Waals surface area contributed by atoms with E-state index in [0.717, 1.165) is 32.5 Å². The predicted molar refractivity (Wildman–Crippen MR) is 69.1 cm³/mol. The van der Waals surface area contributed by atoms with Crippen molar-refractivity contribution in [2.45, 2.75) is 52.2 Å². The summed E-state index contributed by atoms with van der Waals surface area (Å²) in [5.74, 6) is 0. The minimum Gasteiger partial charge on any atom is -0.444 e. The molecule has 1 aliphatic heterocycles. The molecular weight excluding hydrogens is 216 g/mol. The summed E-state index contributed by atoms with van der Waals surface area (Å²) in [6.07, 6.45) is 2.03. The van der Waals surface area contributed by atoms with E-state index in [2.05, 4.69) is 11.8 Å². The fraction of sp³-hybridized carbons (Fsp3) is 0.923. The second kappa shape index (κ2) is 5.71. The summed E-state index contributed by atoms with van der Waals surface area (Å²) >= 11 is 0. The summed E-state index contributed by atoms with van der Waals surface area (Å²) in [5, 5.41) is 0.